The molecule has 0 N–H and O–H groups in total. The van der Waals surface area contributed by atoms with E-state index in [1.165, 1.54) is 21.3 Å². The highest BCUT2D eigenvalue weighted by molar-refractivity contribution is 6.52. The van der Waals surface area contributed by atoms with Crippen LogP contribution >= 0.6 is 0 Å². The van der Waals surface area contributed by atoms with Crippen molar-refractivity contribution < 1.29 is 37.6 Å². The quantitative estimate of drug-likeness (QED) is 0.233. The molecule has 1 atom stereocenters. The van der Waals surface area contributed by atoms with E-state index in [0.717, 1.165) is 0 Å². The van der Waals surface area contributed by atoms with E-state index < -0.39 is 9.05 Å². The van der Waals surface area contributed by atoms with E-state index in [2.05, 4.69) is 14.7 Å². The van der Waals surface area contributed by atoms with Crippen LogP contribution in [0.1, 0.15) is 0 Å². The minimum Gasteiger partial charge on any atom is -0.371 e. The molecular formula is C6H14O8Si. The molecule has 15 heavy (non-hydrogen) atoms. The molecule has 0 spiro atoms. The molecule has 0 bridgehead atoms. The maximum atomic E-state index is 5.25. The van der Waals surface area contributed by atoms with Gasteiger partial charge in [0.25, 0.3) is 0 Å². The van der Waals surface area contributed by atoms with Crippen LogP contribution in [0.25, 0.3) is 0 Å². The molecule has 1 fully saturated rings. The Morgan fingerprint density at radius 1 is 1.07 bits per heavy atom. The number of rotatable bonds is 9. The third-order valence-electron chi connectivity index (χ3n) is 1.40. The second-order valence-corrected chi connectivity index (χ2v) is 4.31. The van der Waals surface area contributed by atoms with Gasteiger partial charge >= 0.3 is 9.05 Å². The fraction of sp³-hybridized carbons (Fsp3) is 1.00. The van der Waals surface area contributed by atoms with Crippen molar-refractivity contribution in [2.75, 3.05) is 34.5 Å². The molecule has 8 nitrogen and oxygen atoms in total. The Balaban J connectivity index is 2.43. The van der Waals surface area contributed by atoms with Gasteiger partial charge in [-0.1, -0.05) is 0 Å². The molecule has 1 heterocycles. The summed E-state index contributed by atoms with van der Waals surface area (Å²) in [5.74, 6) is 0. The molecule has 0 saturated carbocycles. The minimum atomic E-state index is -3.56. The van der Waals surface area contributed by atoms with E-state index in [1.54, 1.807) is 0 Å². The maximum Gasteiger partial charge on any atom is 0.764 e. The molecule has 1 rings (SSSR count). The largest absolute Gasteiger partial charge is 0.764 e. The van der Waals surface area contributed by atoms with E-state index in [4.69, 9.17) is 22.9 Å². The van der Waals surface area contributed by atoms with Gasteiger partial charge in [-0.2, -0.15) is 13.7 Å². The van der Waals surface area contributed by atoms with Crippen LogP contribution in [0.2, 0.25) is 0 Å². The van der Waals surface area contributed by atoms with Crippen molar-refractivity contribution in [3.05, 3.63) is 0 Å². The van der Waals surface area contributed by atoms with Crippen LogP contribution in [0.4, 0.5) is 0 Å². The first-order valence-corrected chi connectivity index (χ1v) is 5.80. The molecule has 90 valence electrons. The fourth-order valence-electron chi connectivity index (χ4n) is 0.779. The van der Waals surface area contributed by atoms with Gasteiger partial charge in [0, 0.05) is 0 Å². The number of hydrogen-bond donors (Lipinski definition) is 0. The van der Waals surface area contributed by atoms with Crippen molar-refractivity contribution in [2.45, 2.75) is 6.10 Å². The van der Waals surface area contributed by atoms with Crippen LogP contribution in [0, 0.1) is 0 Å². The van der Waals surface area contributed by atoms with Crippen molar-refractivity contribution in [3.63, 3.8) is 0 Å². The molecular weight excluding hydrogens is 228 g/mol. The van der Waals surface area contributed by atoms with Crippen LogP contribution in [0.5, 0.6) is 0 Å². The Morgan fingerprint density at radius 2 is 1.53 bits per heavy atom. The average molecular weight is 242 g/mol. The zero-order valence-corrected chi connectivity index (χ0v) is 9.76. The summed E-state index contributed by atoms with van der Waals surface area (Å²) in [6, 6.07) is 0. The minimum absolute atomic E-state index is 0.0262. The summed E-state index contributed by atoms with van der Waals surface area (Å²) < 4.78 is 24.5. The zero-order valence-electron chi connectivity index (χ0n) is 8.76. The summed E-state index contributed by atoms with van der Waals surface area (Å²) in [6.45, 7) is 0.889. The molecule has 0 aromatic rings. The molecule has 0 aromatic heterocycles. The van der Waals surface area contributed by atoms with Gasteiger partial charge in [0.15, 0.2) is 0 Å². The van der Waals surface area contributed by atoms with Gasteiger partial charge in [-0.05, 0) is 0 Å². The summed E-state index contributed by atoms with van der Waals surface area (Å²) in [5, 5.41) is 0. The lowest BCUT2D eigenvalue weighted by Crippen LogP contribution is -2.49. The first kappa shape index (κ1) is 13.0. The van der Waals surface area contributed by atoms with Crippen LogP contribution in [-0.2, 0) is 37.6 Å². The van der Waals surface area contributed by atoms with Crippen LogP contribution in [-0.4, -0.2) is 49.7 Å². The lowest BCUT2D eigenvalue weighted by atomic mass is 10.5. The lowest BCUT2D eigenvalue weighted by Gasteiger charge is -2.21. The van der Waals surface area contributed by atoms with E-state index >= 15 is 0 Å². The van der Waals surface area contributed by atoms with E-state index in [0.29, 0.717) is 6.61 Å². The summed E-state index contributed by atoms with van der Waals surface area (Å²) in [6.07, 6.45) is 0.0262. The number of hydrogen-bond acceptors (Lipinski definition) is 8. The molecule has 0 aliphatic carbocycles. The van der Waals surface area contributed by atoms with Crippen molar-refractivity contribution in [2.24, 2.45) is 0 Å². The highest BCUT2D eigenvalue weighted by Gasteiger charge is 2.53. The molecule has 1 unspecified atom stereocenters. The highest BCUT2D eigenvalue weighted by Crippen LogP contribution is 2.17. The fourth-order valence-corrected chi connectivity index (χ4v) is 2.01. The average Bonchev–Trinajstić information content (AvgIpc) is 2.99. The Bertz CT molecular complexity index is 157. The Morgan fingerprint density at radius 3 is 1.87 bits per heavy atom. The van der Waals surface area contributed by atoms with E-state index in [9.17, 15) is 0 Å². The first-order valence-electron chi connectivity index (χ1n) is 4.17. The third-order valence-corrected chi connectivity index (χ3v) is 3.04. The lowest BCUT2D eigenvalue weighted by molar-refractivity contribution is -0.370. The second-order valence-electron chi connectivity index (χ2n) is 2.52. The van der Waals surface area contributed by atoms with Gasteiger partial charge in [-0.3, -0.25) is 0 Å². The van der Waals surface area contributed by atoms with Crippen LogP contribution < -0.4 is 0 Å². The number of ether oxygens (including phenoxy) is 1. The maximum absolute atomic E-state index is 5.25. The van der Waals surface area contributed by atoms with Gasteiger partial charge in [-0.15, -0.1) is 0 Å². The predicted molar refractivity (Wildman–Crippen MR) is 45.7 cm³/mol. The summed E-state index contributed by atoms with van der Waals surface area (Å²) in [5.41, 5.74) is 0. The van der Waals surface area contributed by atoms with Crippen LogP contribution in [0.15, 0.2) is 0 Å². The molecule has 0 aromatic carbocycles. The van der Waals surface area contributed by atoms with Crippen LogP contribution in [0.3, 0.4) is 0 Å². The second kappa shape index (κ2) is 6.47. The smallest absolute Gasteiger partial charge is 0.371 e. The van der Waals surface area contributed by atoms with Gasteiger partial charge in [0.1, 0.15) is 6.10 Å². The van der Waals surface area contributed by atoms with Gasteiger partial charge < -0.3 is 9.16 Å². The summed E-state index contributed by atoms with van der Waals surface area (Å²) >= 11 is 0. The highest BCUT2D eigenvalue weighted by atomic mass is 28.4. The topological polar surface area (TPSA) is 77.1 Å². The SMILES string of the molecule is COO[Si](OCC1CO1)(OOC)OOC. The summed E-state index contributed by atoms with van der Waals surface area (Å²) in [4.78, 5) is 13.4. The molecule has 9 heteroatoms. The van der Waals surface area contributed by atoms with Gasteiger partial charge in [-0.25, -0.2) is 14.7 Å². The third kappa shape index (κ3) is 4.50. The van der Waals surface area contributed by atoms with E-state index in [1.807, 2.05) is 0 Å². The van der Waals surface area contributed by atoms with Crippen molar-refractivity contribution in [1.82, 2.24) is 0 Å². The molecule has 1 saturated heterocycles. The zero-order chi connectivity index (χ0) is 11.1. The molecule has 0 amide bonds. The standard InChI is InChI=1S/C6H14O8Si/c1-7-12-15(13-8-2,14-9-3)11-5-6-4-10-6/h6H,4-5H2,1-3H3. The normalized spacial score (nSPS) is 20.6. The Kier molecular flexibility index (Phi) is 5.59. The van der Waals surface area contributed by atoms with Gasteiger partial charge in [0.2, 0.25) is 0 Å². The van der Waals surface area contributed by atoms with Crippen molar-refractivity contribution in [3.8, 4) is 0 Å². The Labute approximate surface area is 88.1 Å². The molecule has 1 aliphatic heterocycles. The monoisotopic (exact) mass is 242 g/mol. The Hall–Kier alpha value is -0.103. The first-order chi connectivity index (χ1) is 7.26. The predicted octanol–water partition coefficient (Wildman–Crippen LogP) is -0.429. The van der Waals surface area contributed by atoms with E-state index in [-0.39, 0.29) is 12.7 Å². The summed E-state index contributed by atoms with van der Waals surface area (Å²) in [7, 11) is 0.300. The van der Waals surface area contributed by atoms with Crippen molar-refractivity contribution >= 4 is 9.05 Å². The van der Waals surface area contributed by atoms with Crippen molar-refractivity contribution in [1.29, 1.82) is 0 Å². The molecule has 1 aliphatic rings. The molecule has 0 radical (unpaired) electrons. The van der Waals surface area contributed by atoms with Gasteiger partial charge in [0.05, 0.1) is 34.5 Å². The number of epoxide rings is 1.